The Labute approximate surface area is 82.8 Å². The zero-order valence-corrected chi connectivity index (χ0v) is 8.68. The average Bonchev–Trinajstić information content (AvgIpc) is 2.16. The largest absolute Gasteiger partial charge is 0.468 e. The summed E-state index contributed by atoms with van der Waals surface area (Å²) in [5, 5.41) is 9.81. The summed E-state index contributed by atoms with van der Waals surface area (Å²) in [4.78, 5) is 10.8. The fourth-order valence-electron chi connectivity index (χ4n) is 1.51. The Morgan fingerprint density at radius 2 is 2.23 bits per heavy atom. The van der Waals surface area contributed by atoms with Crippen LogP contribution in [0.5, 0.6) is 0 Å². The van der Waals surface area contributed by atoms with Crippen molar-refractivity contribution >= 4 is 17.7 Å². The topological polar surface area (TPSA) is 46.5 Å². The number of hydrogen-bond acceptors (Lipinski definition) is 4. The van der Waals surface area contributed by atoms with Gasteiger partial charge in [0.2, 0.25) is 0 Å². The summed E-state index contributed by atoms with van der Waals surface area (Å²) in [6, 6.07) is 0. The van der Waals surface area contributed by atoms with Crippen LogP contribution in [0.4, 0.5) is 0 Å². The molecule has 4 heteroatoms. The molecule has 13 heavy (non-hydrogen) atoms. The lowest BCUT2D eigenvalue weighted by molar-refractivity contribution is -0.137. The van der Waals surface area contributed by atoms with Crippen molar-refractivity contribution in [3.05, 3.63) is 0 Å². The van der Waals surface area contributed by atoms with Crippen LogP contribution >= 0.6 is 11.8 Å². The number of ether oxygens (including phenoxy) is 1. The van der Waals surface area contributed by atoms with E-state index in [2.05, 4.69) is 4.74 Å². The van der Waals surface area contributed by atoms with Gasteiger partial charge in [-0.2, -0.15) is 0 Å². The quantitative estimate of drug-likeness (QED) is 0.702. The zero-order chi connectivity index (χ0) is 9.68. The average molecular weight is 204 g/mol. The molecule has 1 N–H and O–H groups in total. The lowest BCUT2D eigenvalue weighted by Gasteiger charge is -2.26. The maximum atomic E-state index is 10.8. The summed E-state index contributed by atoms with van der Waals surface area (Å²) in [6.07, 6.45) is 3.93. The number of aliphatic hydroxyl groups is 1. The highest BCUT2D eigenvalue weighted by molar-refractivity contribution is 8.00. The zero-order valence-electron chi connectivity index (χ0n) is 7.86. The third kappa shape index (κ3) is 3.56. The first kappa shape index (κ1) is 10.9. The molecule has 1 aliphatic carbocycles. The Hall–Kier alpha value is -0.220. The molecular formula is C9H16O3S. The molecule has 3 nitrogen and oxygen atoms in total. The Morgan fingerprint density at radius 1 is 1.54 bits per heavy atom. The summed E-state index contributed by atoms with van der Waals surface area (Å²) in [5.41, 5.74) is 0. The second-order valence-corrected chi connectivity index (χ2v) is 4.50. The lowest BCUT2D eigenvalue weighted by atomic mass is 9.97. The van der Waals surface area contributed by atoms with Crippen molar-refractivity contribution in [2.75, 3.05) is 12.9 Å². The van der Waals surface area contributed by atoms with E-state index in [1.165, 1.54) is 18.9 Å². The molecule has 0 radical (unpaired) electrons. The van der Waals surface area contributed by atoms with E-state index in [1.807, 2.05) is 0 Å². The van der Waals surface area contributed by atoms with Crippen LogP contribution in [0.25, 0.3) is 0 Å². The molecule has 0 saturated heterocycles. The molecule has 0 unspecified atom stereocenters. The summed E-state index contributed by atoms with van der Waals surface area (Å²) in [6.45, 7) is 0. The number of carbonyl (C=O) groups is 1. The highest BCUT2D eigenvalue weighted by Gasteiger charge is 2.23. The van der Waals surface area contributed by atoms with Gasteiger partial charge in [-0.05, 0) is 12.8 Å². The van der Waals surface area contributed by atoms with Crippen molar-refractivity contribution in [1.29, 1.82) is 0 Å². The molecule has 0 bridgehead atoms. The van der Waals surface area contributed by atoms with Crippen molar-refractivity contribution in [2.24, 2.45) is 0 Å². The van der Waals surface area contributed by atoms with Crippen molar-refractivity contribution in [2.45, 2.75) is 37.0 Å². The second-order valence-electron chi connectivity index (χ2n) is 3.28. The van der Waals surface area contributed by atoms with Crippen molar-refractivity contribution in [3.63, 3.8) is 0 Å². The molecule has 1 saturated carbocycles. The van der Waals surface area contributed by atoms with Gasteiger partial charge in [0.05, 0.1) is 19.0 Å². The van der Waals surface area contributed by atoms with Crippen LogP contribution in [0.2, 0.25) is 0 Å². The fourth-order valence-corrected chi connectivity index (χ4v) is 2.67. The highest BCUT2D eigenvalue weighted by atomic mass is 32.2. The van der Waals surface area contributed by atoms with Crippen LogP contribution in [0, 0.1) is 0 Å². The molecule has 2 atom stereocenters. The molecule has 0 aliphatic heterocycles. The molecule has 1 fully saturated rings. The number of hydrogen-bond donors (Lipinski definition) is 1. The Balaban J connectivity index is 2.22. The van der Waals surface area contributed by atoms with E-state index in [-0.39, 0.29) is 17.3 Å². The van der Waals surface area contributed by atoms with Gasteiger partial charge in [-0.1, -0.05) is 12.8 Å². The number of aliphatic hydroxyl groups excluding tert-OH is 1. The Morgan fingerprint density at radius 3 is 2.85 bits per heavy atom. The normalized spacial score (nSPS) is 28.5. The van der Waals surface area contributed by atoms with Crippen LogP contribution in [0.1, 0.15) is 25.7 Å². The Kier molecular flexibility index (Phi) is 4.59. The molecule has 0 aromatic rings. The van der Waals surface area contributed by atoms with Gasteiger partial charge in [-0.25, -0.2) is 0 Å². The maximum Gasteiger partial charge on any atom is 0.315 e. The van der Waals surface area contributed by atoms with Gasteiger partial charge in [-0.3, -0.25) is 4.79 Å². The minimum absolute atomic E-state index is 0.206. The van der Waals surface area contributed by atoms with E-state index in [0.29, 0.717) is 5.75 Å². The monoisotopic (exact) mass is 204 g/mol. The molecule has 0 heterocycles. The molecule has 1 rings (SSSR count). The maximum absolute atomic E-state index is 10.8. The van der Waals surface area contributed by atoms with Gasteiger partial charge >= 0.3 is 5.97 Å². The molecule has 1 aliphatic rings. The van der Waals surface area contributed by atoms with E-state index < -0.39 is 0 Å². The van der Waals surface area contributed by atoms with Crippen molar-refractivity contribution in [1.82, 2.24) is 0 Å². The standard InChI is InChI=1S/C9H16O3S/c1-12-9(11)6-13-8-5-3-2-4-7(8)10/h7-8,10H,2-6H2,1H3/t7-,8-/m0/s1. The van der Waals surface area contributed by atoms with Crippen LogP contribution in [-0.4, -0.2) is 35.3 Å². The molecule has 0 amide bonds. The van der Waals surface area contributed by atoms with Gasteiger partial charge in [0.1, 0.15) is 0 Å². The molecular weight excluding hydrogens is 188 g/mol. The predicted molar refractivity (Wildman–Crippen MR) is 52.7 cm³/mol. The van der Waals surface area contributed by atoms with Crippen molar-refractivity contribution < 1.29 is 14.6 Å². The summed E-state index contributed by atoms with van der Waals surface area (Å²) >= 11 is 1.51. The molecule has 0 aromatic carbocycles. The first-order valence-electron chi connectivity index (χ1n) is 4.60. The predicted octanol–water partition coefficient (Wildman–Crippen LogP) is 1.20. The van der Waals surface area contributed by atoms with Gasteiger partial charge in [0.15, 0.2) is 0 Å². The smallest absolute Gasteiger partial charge is 0.315 e. The molecule has 76 valence electrons. The third-order valence-corrected chi connectivity index (χ3v) is 3.69. The lowest BCUT2D eigenvalue weighted by Crippen LogP contribution is -2.28. The summed E-state index contributed by atoms with van der Waals surface area (Å²) in [5.74, 6) is 0.154. The minimum Gasteiger partial charge on any atom is -0.468 e. The third-order valence-electron chi connectivity index (χ3n) is 2.31. The molecule has 0 aromatic heterocycles. The van der Waals surface area contributed by atoms with E-state index in [1.54, 1.807) is 0 Å². The fraction of sp³-hybridized carbons (Fsp3) is 0.889. The van der Waals surface area contributed by atoms with Crippen LogP contribution in [0.3, 0.4) is 0 Å². The number of methoxy groups -OCH3 is 1. The minimum atomic E-state index is -0.233. The Bertz CT molecular complexity index is 172. The first-order chi connectivity index (χ1) is 6.24. The van der Waals surface area contributed by atoms with E-state index in [9.17, 15) is 9.90 Å². The second kappa shape index (κ2) is 5.50. The summed E-state index contributed by atoms with van der Waals surface area (Å²) in [7, 11) is 1.39. The van der Waals surface area contributed by atoms with Crippen LogP contribution < -0.4 is 0 Å². The van der Waals surface area contributed by atoms with Crippen LogP contribution in [0.15, 0.2) is 0 Å². The number of carbonyl (C=O) groups excluding carboxylic acids is 1. The van der Waals surface area contributed by atoms with Gasteiger partial charge in [-0.15, -0.1) is 11.8 Å². The van der Waals surface area contributed by atoms with Crippen molar-refractivity contribution in [3.8, 4) is 0 Å². The van der Waals surface area contributed by atoms with E-state index in [4.69, 9.17) is 0 Å². The van der Waals surface area contributed by atoms with Gasteiger partial charge in [0, 0.05) is 5.25 Å². The summed E-state index contributed by atoms with van der Waals surface area (Å²) < 4.78 is 4.54. The number of esters is 1. The van der Waals surface area contributed by atoms with E-state index >= 15 is 0 Å². The SMILES string of the molecule is COC(=O)CS[C@H]1CCCC[C@@H]1O. The van der Waals surface area contributed by atoms with Crippen LogP contribution in [-0.2, 0) is 9.53 Å². The van der Waals surface area contributed by atoms with Gasteiger partial charge in [0.25, 0.3) is 0 Å². The number of thioether (sulfide) groups is 1. The first-order valence-corrected chi connectivity index (χ1v) is 5.65. The number of rotatable bonds is 3. The highest BCUT2D eigenvalue weighted by Crippen LogP contribution is 2.28. The van der Waals surface area contributed by atoms with Gasteiger partial charge < -0.3 is 9.84 Å². The molecule has 0 spiro atoms. The van der Waals surface area contributed by atoms with E-state index in [0.717, 1.165) is 25.7 Å².